The highest BCUT2D eigenvalue weighted by atomic mass is 35.5. The van der Waals surface area contributed by atoms with Crippen LogP contribution in [0.25, 0.3) is 11.4 Å². The SMILES string of the molecule is CN(C)c1ccc(-c2nc(Cl)c(C#N)n2Cc2ccccc2)cc1. The third-order valence-corrected chi connectivity index (χ3v) is 4.12. The van der Waals surface area contributed by atoms with E-state index >= 15 is 0 Å². The van der Waals surface area contributed by atoms with E-state index in [0.29, 0.717) is 18.1 Å². The lowest BCUT2D eigenvalue weighted by molar-refractivity contribution is 0.795. The number of hydrogen-bond donors (Lipinski definition) is 0. The molecule has 5 heteroatoms. The Morgan fingerprint density at radius 2 is 1.75 bits per heavy atom. The summed E-state index contributed by atoms with van der Waals surface area (Å²) < 4.78 is 1.86. The van der Waals surface area contributed by atoms with Crippen molar-refractivity contribution in [3.05, 3.63) is 71.0 Å². The van der Waals surface area contributed by atoms with Crippen LogP contribution in [0, 0.1) is 11.3 Å². The smallest absolute Gasteiger partial charge is 0.166 e. The summed E-state index contributed by atoms with van der Waals surface area (Å²) >= 11 is 6.19. The van der Waals surface area contributed by atoms with Gasteiger partial charge in [0.05, 0.1) is 6.54 Å². The van der Waals surface area contributed by atoms with E-state index in [1.165, 1.54) is 0 Å². The number of nitriles is 1. The molecule has 0 atom stereocenters. The van der Waals surface area contributed by atoms with Crippen molar-refractivity contribution < 1.29 is 0 Å². The number of benzene rings is 2. The lowest BCUT2D eigenvalue weighted by Gasteiger charge is -2.13. The van der Waals surface area contributed by atoms with Gasteiger partial charge in [-0.3, -0.25) is 0 Å². The van der Waals surface area contributed by atoms with Crippen molar-refractivity contribution in [1.82, 2.24) is 9.55 Å². The molecule has 0 aliphatic carbocycles. The molecule has 1 aromatic heterocycles. The molecule has 24 heavy (non-hydrogen) atoms. The quantitative estimate of drug-likeness (QED) is 0.717. The fourth-order valence-electron chi connectivity index (χ4n) is 2.58. The minimum Gasteiger partial charge on any atom is -0.378 e. The Balaban J connectivity index is 2.06. The molecule has 0 aliphatic rings. The van der Waals surface area contributed by atoms with Gasteiger partial charge in [-0.2, -0.15) is 5.26 Å². The zero-order chi connectivity index (χ0) is 17.1. The summed E-state index contributed by atoms with van der Waals surface area (Å²) in [6.45, 7) is 0.550. The van der Waals surface area contributed by atoms with Gasteiger partial charge in [-0.15, -0.1) is 0 Å². The summed E-state index contributed by atoms with van der Waals surface area (Å²) in [5.41, 5.74) is 3.51. The molecule has 0 saturated heterocycles. The van der Waals surface area contributed by atoms with Crippen LogP contribution in [0.4, 0.5) is 5.69 Å². The van der Waals surface area contributed by atoms with Gasteiger partial charge in [0.2, 0.25) is 0 Å². The van der Waals surface area contributed by atoms with Crippen LogP contribution >= 0.6 is 11.6 Å². The molecule has 0 unspecified atom stereocenters. The largest absolute Gasteiger partial charge is 0.378 e. The standard InChI is InChI=1S/C19H17ClN4/c1-23(2)16-10-8-15(9-11-16)19-22-18(20)17(12-21)24(19)13-14-6-4-3-5-7-14/h3-11H,13H2,1-2H3. The minimum atomic E-state index is 0.236. The third-order valence-electron chi connectivity index (χ3n) is 3.86. The maximum Gasteiger partial charge on any atom is 0.166 e. The first-order valence-electron chi connectivity index (χ1n) is 7.58. The van der Waals surface area contributed by atoms with E-state index in [9.17, 15) is 5.26 Å². The maximum atomic E-state index is 9.45. The monoisotopic (exact) mass is 336 g/mol. The lowest BCUT2D eigenvalue weighted by atomic mass is 10.1. The molecule has 1 heterocycles. The Labute approximate surface area is 146 Å². The predicted octanol–water partition coefficient (Wildman–Crippen LogP) is 4.19. The molecule has 0 radical (unpaired) electrons. The van der Waals surface area contributed by atoms with Gasteiger partial charge in [0.25, 0.3) is 0 Å². The summed E-state index contributed by atoms with van der Waals surface area (Å²) in [4.78, 5) is 6.45. The van der Waals surface area contributed by atoms with Crippen molar-refractivity contribution in [2.45, 2.75) is 6.54 Å². The van der Waals surface area contributed by atoms with Gasteiger partial charge in [0.1, 0.15) is 11.9 Å². The van der Waals surface area contributed by atoms with Crippen molar-refractivity contribution >= 4 is 17.3 Å². The number of nitrogens with zero attached hydrogens (tertiary/aromatic N) is 4. The Hall–Kier alpha value is -2.77. The molecule has 3 rings (SSSR count). The van der Waals surface area contributed by atoms with Gasteiger partial charge in [-0.05, 0) is 29.8 Å². The molecule has 2 aromatic carbocycles. The fourth-order valence-corrected chi connectivity index (χ4v) is 2.80. The second kappa shape index (κ2) is 6.77. The van der Waals surface area contributed by atoms with E-state index < -0.39 is 0 Å². The number of rotatable bonds is 4. The Morgan fingerprint density at radius 3 is 2.33 bits per heavy atom. The van der Waals surface area contributed by atoms with Crippen LogP contribution in [0.3, 0.4) is 0 Å². The highest BCUT2D eigenvalue weighted by Gasteiger charge is 2.17. The average molecular weight is 337 g/mol. The van der Waals surface area contributed by atoms with Gasteiger partial charge >= 0.3 is 0 Å². The summed E-state index contributed by atoms with van der Waals surface area (Å²) in [5, 5.41) is 9.69. The molecule has 0 bridgehead atoms. The number of aromatic nitrogens is 2. The molecule has 0 aliphatic heterocycles. The van der Waals surface area contributed by atoms with Crippen LogP contribution < -0.4 is 4.90 Å². The summed E-state index contributed by atoms with van der Waals surface area (Å²) in [5.74, 6) is 0.700. The molecular weight excluding hydrogens is 320 g/mol. The Morgan fingerprint density at radius 1 is 1.08 bits per heavy atom. The second-order valence-electron chi connectivity index (χ2n) is 5.70. The normalized spacial score (nSPS) is 10.4. The molecule has 0 amide bonds. The van der Waals surface area contributed by atoms with Gasteiger partial charge in [-0.1, -0.05) is 41.9 Å². The number of imidazole rings is 1. The second-order valence-corrected chi connectivity index (χ2v) is 6.06. The molecule has 120 valence electrons. The van der Waals surface area contributed by atoms with Crippen molar-refractivity contribution in [3.8, 4) is 17.5 Å². The first kappa shape index (κ1) is 16.1. The van der Waals surface area contributed by atoms with E-state index in [2.05, 4.69) is 11.1 Å². The van der Waals surface area contributed by atoms with Crippen LogP contribution in [0.15, 0.2) is 54.6 Å². The van der Waals surface area contributed by atoms with Gasteiger partial charge in [0, 0.05) is 25.3 Å². The van der Waals surface area contributed by atoms with E-state index in [4.69, 9.17) is 11.6 Å². The number of hydrogen-bond acceptors (Lipinski definition) is 3. The zero-order valence-electron chi connectivity index (χ0n) is 13.6. The highest BCUT2D eigenvalue weighted by molar-refractivity contribution is 6.30. The lowest BCUT2D eigenvalue weighted by Crippen LogP contribution is -2.08. The van der Waals surface area contributed by atoms with Gasteiger partial charge < -0.3 is 9.47 Å². The molecule has 0 fully saturated rings. The van der Waals surface area contributed by atoms with Crippen LogP contribution in [0.5, 0.6) is 0 Å². The summed E-state index contributed by atoms with van der Waals surface area (Å²) in [6.07, 6.45) is 0. The highest BCUT2D eigenvalue weighted by Crippen LogP contribution is 2.27. The third kappa shape index (κ3) is 3.12. The number of halogens is 1. The molecule has 0 N–H and O–H groups in total. The van der Waals surface area contributed by atoms with Crippen molar-refractivity contribution in [2.24, 2.45) is 0 Å². The molecule has 3 aromatic rings. The van der Waals surface area contributed by atoms with Gasteiger partial charge in [-0.25, -0.2) is 4.98 Å². The van der Waals surface area contributed by atoms with Crippen molar-refractivity contribution in [2.75, 3.05) is 19.0 Å². The molecule has 4 nitrogen and oxygen atoms in total. The molecular formula is C19H17ClN4. The predicted molar refractivity (Wildman–Crippen MR) is 97.3 cm³/mol. The van der Waals surface area contributed by atoms with E-state index in [-0.39, 0.29) is 5.15 Å². The van der Waals surface area contributed by atoms with Crippen LogP contribution in [0.2, 0.25) is 5.15 Å². The van der Waals surface area contributed by atoms with E-state index in [1.807, 2.05) is 78.2 Å². The first-order valence-corrected chi connectivity index (χ1v) is 7.95. The molecule has 0 spiro atoms. The Bertz CT molecular complexity index is 874. The van der Waals surface area contributed by atoms with E-state index in [1.54, 1.807) is 0 Å². The fraction of sp³-hybridized carbons (Fsp3) is 0.158. The number of anilines is 1. The maximum absolute atomic E-state index is 9.45. The van der Waals surface area contributed by atoms with Crippen LogP contribution in [-0.2, 0) is 6.54 Å². The average Bonchev–Trinajstić information content (AvgIpc) is 2.91. The van der Waals surface area contributed by atoms with Crippen molar-refractivity contribution in [3.63, 3.8) is 0 Å². The Kier molecular flexibility index (Phi) is 4.54. The van der Waals surface area contributed by atoms with Gasteiger partial charge in [0.15, 0.2) is 10.8 Å². The van der Waals surface area contributed by atoms with Crippen LogP contribution in [0.1, 0.15) is 11.3 Å². The van der Waals surface area contributed by atoms with Crippen LogP contribution in [-0.4, -0.2) is 23.6 Å². The topological polar surface area (TPSA) is 44.9 Å². The van der Waals surface area contributed by atoms with E-state index in [0.717, 1.165) is 16.8 Å². The zero-order valence-corrected chi connectivity index (χ0v) is 14.3. The minimum absolute atomic E-state index is 0.236. The van der Waals surface area contributed by atoms with Crippen molar-refractivity contribution in [1.29, 1.82) is 5.26 Å². The molecule has 0 saturated carbocycles. The summed E-state index contributed by atoms with van der Waals surface area (Å²) in [7, 11) is 3.99. The summed E-state index contributed by atoms with van der Waals surface area (Å²) in [6, 6.07) is 20.2. The first-order chi connectivity index (χ1) is 11.6.